The van der Waals surface area contributed by atoms with Crippen LogP contribution in [0.2, 0.25) is 0 Å². The van der Waals surface area contributed by atoms with Gasteiger partial charge in [-0.25, -0.2) is 4.79 Å². The number of amides is 2. The van der Waals surface area contributed by atoms with Gasteiger partial charge >= 0.3 is 6.09 Å². The summed E-state index contributed by atoms with van der Waals surface area (Å²) in [5, 5.41) is 5.69. The SMILES string of the molecule is CCOC(=O)NC(CNC(=O)c1ccc(OCc2ccncc2)c(OCC)c1)CC(C)C. The van der Waals surface area contributed by atoms with Crippen molar-refractivity contribution in [3.8, 4) is 11.5 Å². The maximum absolute atomic E-state index is 12.7. The molecule has 2 rings (SSSR count). The number of alkyl carbamates (subject to hydrolysis) is 1. The lowest BCUT2D eigenvalue weighted by Gasteiger charge is -2.21. The van der Waals surface area contributed by atoms with Crippen molar-refractivity contribution in [3.63, 3.8) is 0 Å². The van der Waals surface area contributed by atoms with E-state index in [4.69, 9.17) is 14.2 Å². The number of carbonyl (C=O) groups is 2. The molecule has 1 heterocycles. The van der Waals surface area contributed by atoms with E-state index in [0.29, 0.717) is 55.8 Å². The lowest BCUT2D eigenvalue weighted by atomic mass is 10.0. The first-order chi connectivity index (χ1) is 15.4. The van der Waals surface area contributed by atoms with Crippen LogP contribution in [0.5, 0.6) is 11.5 Å². The molecule has 1 aromatic carbocycles. The summed E-state index contributed by atoms with van der Waals surface area (Å²) in [7, 11) is 0. The Morgan fingerprint density at radius 3 is 2.41 bits per heavy atom. The number of pyridine rings is 1. The fraction of sp³-hybridized carbons (Fsp3) is 0.458. The van der Waals surface area contributed by atoms with Crippen LogP contribution in [0.25, 0.3) is 0 Å². The van der Waals surface area contributed by atoms with Crippen LogP contribution in [0.4, 0.5) is 4.79 Å². The lowest BCUT2D eigenvalue weighted by Crippen LogP contribution is -2.44. The van der Waals surface area contributed by atoms with Crippen LogP contribution in [0.15, 0.2) is 42.7 Å². The van der Waals surface area contributed by atoms with Gasteiger partial charge in [-0.3, -0.25) is 9.78 Å². The fourth-order valence-electron chi connectivity index (χ4n) is 3.10. The molecule has 0 aliphatic rings. The van der Waals surface area contributed by atoms with Crippen molar-refractivity contribution in [2.75, 3.05) is 19.8 Å². The van der Waals surface area contributed by atoms with Gasteiger partial charge in [0, 0.05) is 30.5 Å². The Kier molecular flexibility index (Phi) is 10.3. The molecule has 0 saturated heterocycles. The van der Waals surface area contributed by atoms with Crippen LogP contribution < -0.4 is 20.1 Å². The first-order valence-corrected chi connectivity index (χ1v) is 10.9. The fourth-order valence-corrected chi connectivity index (χ4v) is 3.10. The van der Waals surface area contributed by atoms with Gasteiger partial charge in [0.05, 0.1) is 13.2 Å². The summed E-state index contributed by atoms with van der Waals surface area (Å²) < 4.78 is 16.5. The van der Waals surface area contributed by atoms with Crippen molar-refractivity contribution in [1.29, 1.82) is 0 Å². The summed E-state index contributed by atoms with van der Waals surface area (Å²) in [5.74, 6) is 1.14. The minimum Gasteiger partial charge on any atom is -0.490 e. The van der Waals surface area contributed by atoms with Crippen molar-refractivity contribution in [2.24, 2.45) is 5.92 Å². The van der Waals surface area contributed by atoms with Crippen molar-refractivity contribution < 1.29 is 23.8 Å². The van der Waals surface area contributed by atoms with Crippen LogP contribution in [0, 0.1) is 5.92 Å². The smallest absolute Gasteiger partial charge is 0.407 e. The molecule has 8 heteroatoms. The predicted octanol–water partition coefficient (Wildman–Crippen LogP) is 3.95. The third kappa shape index (κ3) is 8.45. The summed E-state index contributed by atoms with van der Waals surface area (Å²) >= 11 is 0. The number of aromatic nitrogens is 1. The first kappa shape index (κ1) is 25.0. The Labute approximate surface area is 189 Å². The van der Waals surface area contributed by atoms with E-state index < -0.39 is 6.09 Å². The molecule has 0 radical (unpaired) electrons. The molecule has 2 aromatic rings. The zero-order valence-corrected chi connectivity index (χ0v) is 19.2. The highest BCUT2D eigenvalue weighted by molar-refractivity contribution is 5.94. The molecule has 32 heavy (non-hydrogen) atoms. The number of benzene rings is 1. The highest BCUT2D eigenvalue weighted by atomic mass is 16.5. The molecule has 0 aliphatic heterocycles. The number of hydrogen-bond acceptors (Lipinski definition) is 6. The van der Waals surface area contributed by atoms with Gasteiger partial charge in [0.25, 0.3) is 5.91 Å². The van der Waals surface area contributed by atoms with E-state index in [1.54, 1.807) is 37.5 Å². The van der Waals surface area contributed by atoms with E-state index in [1.807, 2.05) is 19.1 Å². The highest BCUT2D eigenvalue weighted by Gasteiger charge is 2.17. The summed E-state index contributed by atoms with van der Waals surface area (Å²) in [4.78, 5) is 28.5. The van der Waals surface area contributed by atoms with Crippen molar-refractivity contribution in [3.05, 3.63) is 53.9 Å². The lowest BCUT2D eigenvalue weighted by molar-refractivity contribution is 0.0944. The van der Waals surface area contributed by atoms with E-state index in [0.717, 1.165) is 5.56 Å². The highest BCUT2D eigenvalue weighted by Crippen LogP contribution is 2.29. The average Bonchev–Trinajstić information content (AvgIpc) is 2.77. The third-order valence-electron chi connectivity index (χ3n) is 4.51. The maximum Gasteiger partial charge on any atom is 0.407 e. The Bertz CT molecular complexity index is 858. The normalized spacial score (nSPS) is 11.5. The molecule has 2 N–H and O–H groups in total. The molecule has 0 spiro atoms. The molecular formula is C24H33N3O5. The zero-order chi connectivity index (χ0) is 23.3. The third-order valence-corrected chi connectivity index (χ3v) is 4.51. The molecule has 0 bridgehead atoms. The number of nitrogens with zero attached hydrogens (tertiary/aromatic N) is 1. The van der Waals surface area contributed by atoms with Gasteiger partial charge in [-0.2, -0.15) is 0 Å². The van der Waals surface area contributed by atoms with Crippen LogP contribution >= 0.6 is 0 Å². The molecule has 2 amide bonds. The van der Waals surface area contributed by atoms with Crippen molar-refractivity contribution in [1.82, 2.24) is 15.6 Å². The summed E-state index contributed by atoms with van der Waals surface area (Å²) in [5.41, 5.74) is 1.43. The first-order valence-electron chi connectivity index (χ1n) is 10.9. The van der Waals surface area contributed by atoms with E-state index in [-0.39, 0.29) is 11.9 Å². The Balaban J connectivity index is 2.02. The van der Waals surface area contributed by atoms with E-state index in [2.05, 4.69) is 29.5 Å². The molecule has 1 unspecified atom stereocenters. The maximum atomic E-state index is 12.7. The van der Waals surface area contributed by atoms with Gasteiger partial charge in [-0.1, -0.05) is 13.8 Å². The van der Waals surface area contributed by atoms with E-state index >= 15 is 0 Å². The minimum atomic E-state index is -0.485. The molecule has 1 aromatic heterocycles. The second-order valence-corrected chi connectivity index (χ2v) is 7.64. The van der Waals surface area contributed by atoms with Gasteiger partial charge in [-0.15, -0.1) is 0 Å². The van der Waals surface area contributed by atoms with Gasteiger partial charge < -0.3 is 24.8 Å². The number of ether oxygens (including phenoxy) is 3. The van der Waals surface area contributed by atoms with Crippen LogP contribution in [0.1, 0.15) is 50.0 Å². The molecule has 1 atom stereocenters. The standard InChI is InChI=1S/C24H33N3O5/c1-5-30-22-14-19(7-8-21(22)32-16-18-9-11-25-12-10-18)23(28)26-15-20(13-17(3)4)27-24(29)31-6-2/h7-12,14,17,20H,5-6,13,15-16H2,1-4H3,(H,26,28)(H,27,29). The number of hydrogen-bond donors (Lipinski definition) is 2. The molecule has 0 fully saturated rings. The van der Waals surface area contributed by atoms with Gasteiger partial charge in [0.1, 0.15) is 6.61 Å². The second-order valence-electron chi connectivity index (χ2n) is 7.64. The zero-order valence-electron chi connectivity index (χ0n) is 19.2. The molecule has 0 aliphatic carbocycles. The molecular weight excluding hydrogens is 410 g/mol. The summed E-state index contributed by atoms with van der Waals surface area (Å²) in [6.07, 6.45) is 3.64. The molecule has 174 valence electrons. The summed E-state index contributed by atoms with van der Waals surface area (Å²) in [6.45, 7) is 9.13. The number of carbonyl (C=O) groups excluding carboxylic acids is 2. The Hall–Kier alpha value is -3.29. The minimum absolute atomic E-state index is 0.229. The van der Waals surface area contributed by atoms with Crippen LogP contribution in [-0.4, -0.2) is 42.8 Å². The van der Waals surface area contributed by atoms with Gasteiger partial charge in [0.15, 0.2) is 11.5 Å². The van der Waals surface area contributed by atoms with Crippen molar-refractivity contribution in [2.45, 2.75) is 46.8 Å². The quantitative estimate of drug-likeness (QED) is 0.515. The predicted molar refractivity (Wildman–Crippen MR) is 122 cm³/mol. The van der Waals surface area contributed by atoms with E-state index in [1.165, 1.54) is 0 Å². The largest absolute Gasteiger partial charge is 0.490 e. The van der Waals surface area contributed by atoms with Gasteiger partial charge in [0.2, 0.25) is 0 Å². The van der Waals surface area contributed by atoms with Crippen LogP contribution in [-0.2, 0) is 11.3 Å². The molecule has 0 saturated carbocycles. The van der Waals surface area contributed by atoms with E-state index in [9.17, 15) is 9.59 Å². The number of rotatable bonds is 12. The molecule has 8 nitrogen and oxygen atoms in total. The van der Waals surface area contributed by atoms with Crippen LogP contribution in [0.3, 0.4) is 0 Å². The monoisotopic (exact) mass is 443 g/mol. The average molecular weight is 444 g/mol. The Morgan fingerprint density at radius 2 is 1.75 bits per heavy atom. The topological polar surface area (TPSA) is 98.8 Å². The van der Waals surface area contributed by atoms with Gasteiger partial charge in [-0.05, 0) is 62.1 Å². The Morgan fingerprint density at radius 1 is 1.00 bits per heavy atom. The summed E-state index contributed by atoms with van der Waals surface area (Å²) in [6, 6.07) is 8.60. The number of nitrogens with one attached hydrogen (secondary N) is 2. The van der Waals surface area contributed by atoms with Crippen molar-refractivity contribution >= 4 is 12.0 Å². The second kappa shape index (κ2) is 13.2.